The molecule has 0 spiro atoms. The topological polar surface area (TPSA) is 96.9 Å². The maximum absolute atomic E-state index is 12.1. The van der Waals surface area contributed by atoms with Crippen molar-refractivity contribution in [2.24, 2.45) is 0 Å². The highest BCUT2D eigenvalue weighted by Crippen LogP contribution is 2.17. The average molecular weight is 328 g/mol. The molecule has 0 saturated carbocycles. The fourth-order valence-electron chi connectivity index (χ4n) is 2.52. The number of nitrogens with one attached hydrogen (secondary N) is 2. The normalized spacial score (nSPS) is 29.4. The van der Waals surface area contributed by atoms with Crippen molar-refractivity contribution in [3.63, 3.8) is 0 Å². The van der Waals surface area contributed by atoms with Gasteiger partial charge in [0.1, 0.15) is 0 Å². The first-order valence-corrected chi connectivity index (χ1v) is 8.73. The van der Waals surface area contributed by atoms with E-state index in [2.05, 4.69) is 10.0 Å². The number of sulfonamides is 1. The van der Waals surface area contributed by atoms with E-state index in [-0.39, 0.29) is 23.5 Å². The Hall–Kier alpha value is -1.03. The Morgan fingerprint density at radius 1 is 1.18 bits per heavy atom. The molecule has 0 aromatic heterocycles. The molecule has 0 radical (unpaired) electrons. The summed E-state index contributed by atoms with van der Waals surface area (Å²) in [7, 11) is -3.59. The summed E-state index contributed by atoms with van der Waals surface area (Å²) in [5, 5.41) is 13.5. The minimum atomic E-state index is -3.59. The molecule has 0 unspecified atom stereocenters. The van der Waals surface area contributed by atoms with Gasteiger partial charge in [0, 0.05) is 6.54 Å². The fraction of sp³-hybridized carbons (Fsp3) is 0.571. The van der Waals surface area contributed by atoms with E-state index in [4.69, 9.17) is 9.47 Å². The Balaban J connectivity index is 1.53. The zero-order valence-corrected chi connectivity index (χ0v) is 12.8. The zero-order chi connectivity index (χ0) is 15.6. The molecule has 22 heavy (non-hydrogen) atoms. The van der Waals surface area contributed by atoms with E-state index >= 15 is 0 Å². The lowest BCUT2D eigenvalue weighted by Gasteiger charge is -2.30. The molecule has 122 valence electrons. The first-order chi connectivity index (χ1) is 10.6. The van der Waals surface area contributed by atoms with E-state index in [1.807, 2.05) is 0 Å². The van der Waals surface area contributed by atoms with Gasteiger partial charge in [0.15, 0.2) is 0 Å². The lowest BCUT2D eigenvalue weighted by molar-refractivity contribution is -0.0165. The summed E-state index contributed by atoms with van der Waals surface area (Å²) < 4.78 is 37.3. The Morgan fingerprint density at radius 2 is 1.91 bits per heavy atom. The van der Waals surface area contributed by atoms with Crippen LogP contribution < -0.4 is 10.0 Å². The summed E-state index contributed by atoms with van der Waals surface area (Å²) in [6.07, 6.45) is -1.31. The quantitative estimate of drug-likeness (QED) is 0.625. The third kappa shape index (κ3) is 3.48. The average Bonchev–Trinajstić information content (AvgIpc) is 2.82. The molecule has 2 aliphatic rings. The first-order valence-electron chi connectivity index (χ1n) is 7.24. The number of rotatable bonds is 6. The molecule has 3 atom stereocenters. The van der Waals surface area contributed by atoms with Crippen molar-refractivity contribution in [2.45, 2.75) is 29.2 Å². The van der Waals surface area contributed by atoms with Crippen LogP contribution in [0, 0.1) is 0 Å². The van der Waals surface area contributed by atoms with E-state index in [1.54, 1.807) is 18.2 Å². The van der Waals surface area contributed by atoms with Crippen molar-refractivity contribution in [1.82, 2.24) is 10.0 Å². The minimum Gasteiger partial charge on any atom is -0.389 e. The highest BCUT2D eigenvalue weighted by Gasteiger charge is 2.38. The van der Waals surface area contributed by atoms with Crippen LogP contribution in [0.25, 0.3) is 0 Å². The van der Waals surface area contributed by atoms with Crippen LogP contribution in [0.1, 0.15) is 0 Å². The lowest BCUT2D eigenvalue weighted by atomic mass is 10.1. The second kappa shape index (κ2) is 6.61. The van der Waals surface area contributed by atoms with Crippen LogP contribution in [0.2, 0.25) is 0 Å². The van der Waals surface area contributed by atoms with Gasteiger partial charge in [0.2, 0.25) is 10.0 Å². The van der Waals surface area contributed by atoms with Gasteiger partial charge in [-0.15, -0.1) is 0 Å². The summed E-state index contributed by atoms with van der Waals surface area (Å²) in [5.41, 5.74) is 0. The zero-order valence-electron chi connectivity index (χ0n) is 12.0. The van der Waals surface area contributed by atoms with Crippen LogP contribution in [0.5, 0.6) is 0 Å². The highest BCUT2D eigenvalue weighted by molar-refractivity contribution is 7.89. The van der Waals surface area contributed by atoms with Crippen molar-refractivity contribution in [3.8, 4) is 0 Å². The molecule has 1 aromatic rings. The molecular weight excluding hydrogens is 308 g/mol. The van der Waals surface area contributed by atoms with E-state index in [0.717, 1.165) is 0 Å². The van der Waals surface area contributed by atoms with E-state index in [9.17, 15) is 13.5 Å². The van der Waals surface area contributed by atoms with Gasteiger partial charge in [-0.25, -0.2) is 13.1 Å². The van der Waals surface area contributed by atoms with Crippen molar-refractivity contribution in [3.05, 3.63) is 30.3 Å². The number of hydrogen-bond acceptors (Lipinski definition) is 6. The number of ether oxygens (including phenoxy) is 2. The Morgan fingerprint density at radius 3 is 2.55 bits per heavy atom. The van der Waals surface area contributed by atoms with Crippen molar-refractivity contribution in [2.75, 3.05) is 26.4 Å². The van der Waals surface area contributed by atoms with Gasteiger partial charge in [0.25, 0.3) is 0 Å². The van der Waals surface area contributed by atoms with Crippen LogP contribution in [-0.4, -0.2) is 64.2 Å². The van der Waals surface area contributed by atoms with E-state index in [0.29, 0.717) is 19.8 Å². The van der Waals surface area contributed by atoms with Gasteiger partial charge in [-0.05, 0) is 12.1 Å². The van der Waals surface area contributed by atoms with Gasteiger partial charge in [0.05, 0.1) is 49.0 Å². The standard InChI is InChI=1S/C14H20N2O5S/c17-14-12(16-10-7-20-8-10)9-21-13(14)6-15-22(18,19)11-4-2-1-3-5-11/h1-5,10,12-17H,6-9H2/t12-,13-,14+/m1/s1. The second-order valence-corrected chi connectivity index (χ2v) is 7.30. The van der Waals surface area contributed by atoms with E-state index in [1.165, 1.54) is 12.1 Å². The van der Waals surface area contributed by atoms with Crippen LogP contribution >= 0.6 is 0 Å². The summed E-state index contributed by atoms with van der Waals surface area (Å²) in [5.74, 6) is 0. The maximum atomic E-state index is 12.1. The largest absolute Gasteiger partial charge is 0.389 e. The van der Waals surface area contributed by atoms with Crippen molar-refractivity contribution in [1.29, 1.82) is 0 Å². The molecule has 0 bridgehead atoms. The first kappa shape index (κ1) is 15.9. The third-order valence-corrected chi connectivity index (χ3v) is 5.34. The molecule has 3 N–H and O–H groups in total. The lowest BCUT2D eigenvalue weighted by Crippen LogP contribution is -2.54. The summed E-state index contributed by atoms with van der Waals surface area (Å²) in [6, 6.07) is 8.17. The molecule has 2 heterocycles. The molecule has 1 aromatic carbocycles. The number of aliphatic hydroxyl groups excluding tert-OH is 1. The molecule has 7 nitrogen and oxygen atoms in total. The molecule has 2 aliphatic heterocycles. The summed E-state index contributed by atoms with van der Waals surface area (Å²) >= 11 is 0. The SMILES string of the molecule is O=S(=O)(NC[C@H]1OC[C@@H](NC2COC2)[C@@H]1O)c1ccccc1. The molecular formula is C14H20N2O5S. The molecule has 2 fully saturated rings. The van der Waals surface area contributed by atoms with E-state index < -0.39 is 22.2 Å². The maximum Gasteiger partial charge on any atom is 0.240 e. The highest BCUT2D eigenvalue weighted by atomic mass is 32.2. The predicted molar refractivity (Wildman–Crippen MR) is 78.9 cm³/mol. The Bertz CT molecular complexity index is 591. The molecule has 2 saturated heterocycles. The van der Waals surface area contributed by atoms with Crippen molar-refractivity contribution < 1.29 is 23.0 Å². The number of aliphatic hydroxyl groups is 1. The molecule has 0 amide bonds. The van der Waals surface area contributed by atoms with Crippen LogP contribution in [-0.2, 0) is 19.5 Å². The van der Waals surface area contributed by atoms with Gasteiger partial charge in [-0.3, -0.25) is 0 Å². The van der Waals surface area contributed by atoms with Crippen LogP contribution in [0.4, 0.5) is 0 Å². The summed E-state index contributed by atoms with van der Waals surface area (Å²) in [4.78, 5) is 0.198. The smallest absolute Gasteiger partial charge is 0.240 e. The second-order valence-electron chi connectivity index (χ2n) is 5.53. The molecule has 0 aliphatic carbocycles. The Kier molecular flexibility index (Phi) is 4.76. The number of hydrogen-bond donors (Lipinski definition) is 3. The van der Waals surface area contributed by atoms with Crippen LogP contribution in [0.15, 0.2) is 35.2 Å². The summed E-state index contributed by atoms with van der Waals surface area (Å²) in [6.45, 7) is 1.66. The third-order valence-electron chi connectivity index (χ3n) is 3.90. The van der Waals surface area contributed by atoms with Gasteiger partial charge < -0.3 is 19.9 Å². The van der Waals surface area contributed by atoms with Gasteiger partial charge >= 0.3 is 0 Å². The van der Waals surface area contributed by atoms with Crippen molar-refractivity contribution >= 4 is 10.0 Å². The van der Waals surface area contributed by atoms with Gasteiger partial charge in [-0.1, -0.05) is 18.2 Å². The minimum absolute atomic E-state index is 0.0394. The monoisotopic (exact) mass is 328 g/mol. The Labute approximate surface area is 129 Å². The van der Waals surface area contributed by atoms with Crippen LogP contribution in [0.3, 0.4) is 0 Å². The predicted octanol–water partition coefficient (Wildman–Crippen LogP) is -0.918. The number of benzene rings is 1. The molecule has 8 heteroatoms. The van der Waals surface area contributed by atoms with Gasteiger partial charge in [-0.2, -0.15) is 0 Å². The fourth-order valence-corrected chi connectivity index (χ4v) is 3.59. The molecule has 3 rings (SSSR count).